The highest BCUT2D eigenvalue weighted by Gasteiger charge is 2.62. The number of halogens is 2. The van der Waals surface area contributed by atoms with Crippen LogP contribution in [0.5, 0.6) is 0 Å². The summed E-state index contributed by atoms with van der Waals surface area (Å²) in [6.45, 7) is -0.571. The van der Waals surface area contributed by atoms with Crippen molar-refractivity contribution in [3.8, 4) is 0 Å². The number of rotatable bonds is 7. The number of nitrogens with zero attached hydrogens (tertiary/aromatic N) is 1. The largest absolute Gasteiger partial charge is 0.454 e. The van der Waals surface area contributed by atoms with E-state index < -0.39 is 24.5 Å². The molecule has 3 aliphatic rings. The van der Waals surface area contributed by atoms with E-state index in [0.717, 1.165) is 29.7 Å². The van der Waals surface area contributed by atoms with Gasteiger partial charge in [-0.25, -0.2) is 4.79 Å². The molecule has 7 nitrogen and oxygen atoms in total. The molecule has 0 radical (unpaired) electrons. The number of carbonyl (C=O) groups is 4. The summed E-state index contributed by atoms with van der Waals surface area (Å²) < 4.78 is 5.31. The summed E-state index contributed by atoms with van der Waals surface area (Å²) in [7, 11) is 0. The Balaban J connectivity index is 1.31. The average molecular weight is 515 g/mol. The zero-order valence-corrected chi connectivity index (χ0v) is 20.3. The van der Waals surface area contributed by atoms with Crippen LogP contribution in [0.4, 0.5) is 5.69 Å². The van der Waals surface area contributed by atoms with Crippen LogP contribution in [0.3, 0.4) is 0 Å². The molecule has 9 heteroatoms. The summed E-state index contributed by atoms with van der Waals surface area (Å²) in [5.41, 5.74) is 1.19. The highest BCUT2D eigenvalue weighted by atomic mass is 35.5. The van der Waals surface area contributed by atoms with Crippen molar-refractivity contribution in [2.75, 3.05) is 11.9 Å². The second kappa shape index (κ2) is 9.63. The van der Waals surface area contributed by atoms with Crippen LogP contribution < -0.4 is 5.32 Å². The molecule has 3 amide bonds. The average Bonchev–Trinajstić information content (AvgIpc) is 3.53. The third-order valence-electron chi connectivity index (χ3n) is 7.37. The van der Waals surface area contributed by atoms with E-state index in [2.05, 4.69) is 5.32 Å². The van der Waals surface area contributed by atoms with Gasteiger partial charge in [-0.2, -0.15) is 0 Å². The molecule has 2 aromatic carbocycles. The number of carbonyl (C=O) groups excluding carboxylic acids is 4. The number of hydrogen-bond donors (Lipinski definition) is 1. The van der Waals surface area contributed by atoms with E-state index >= 15 is 0 Å². The van der Waals surface area contributed by atoms with Crippen molar-refractivity contribution < 1.29 is 23.9 Å². The molecule has 1 heterocycles. The van der Waals surface area contributed by atoms with Gasteiger partial charge in [0.25, 0.3) is 5.91 Å². The molecule has 0 unspecified atom stereocenters. The van der Waals surface area contributed by atoms with Crippen molar-refractivity contribution in [3.63, 3.8) is 0 Å². The zero-order chi connectivity index (χ0) is 24.7. The van der Waals surface area contributed by atoms with Gasteiger partial charge in [-0.05, 0) is 54.9 Å². The third kappa shape index (κ3) is 4.55. The van der Waals surface area contributed by atoms with E-state index in [0.29, 0.717) is 10.7 Å². The lowest BCUT2D eigenvalue weighted by atomic mass is 9.81. The fraction of sp³-hybridized carbons (Fsp3) is 0.385. The topological polar surface area (TPSA) is 92.8 Å². The number of nitrogens with one attached hydrogen (secondary N) is 1. The second-order valence-corrected chi connectivity index (χ2v) is 10.2. The van der Waals surface area contributed by atoms with E-state index in [1.165, 1.54) is 12.1 Å². The van der Waals surface area contributed by atoms with Gasteiger partial charge in [0.15, 0.2) is 6.61 Å². The maximum atomic E-state index is 13.4. The van der Waals surface area contributed by atoms with Crippen LogP contribution in [0.2, 0.25) is 10.0 Å². The molecule has 1 aliphatic heterocycles. The smallest absolute Gasteiger partial charge is 0.330 e. The Morgan fingerprint density at radius 3 is 2.26 bits per heavy atom. The quantitative estimate of drug-likeness (QED) is 0.443. The number of likely N-dealkylation sites (tertiary alicyclic amines) is 1. The Bertz CT molecular complexity index is 1160. The molecule has 0 aromatic heterocycles. The first kappa shape index (κ1) is 23.8. The number of fused-ring (bicyclic) bond motifs is 5. The Morgan fingerprint density at radius 1 is 0.971 bits per heavy atom. The molecule has 1 saturated heterocycles. The van der Waals surface area contributed by atoms with Gasteiger partial charge in [-0.15, -0.1) is 0 Å². The van der Waals surface area contributed by atoms with Gasteiger partial charge < -0.3 is 10.1 Å². The standard InChI is InChI=1S/C26H24Cl2N2O5/c27-18-9-8-17(12-19(18)28)29-21(31)13-35-26(34)20(10-14-4-2-1-3-5-14)30-24(32)22-15-6-7-16(11-15)23(22)25(30)33/h1-5,8-9,12,15-16,20,22-23H,6-7,10-11,13H2,(H,29,31)/t15-,16-,20+,22-,23+/m0/s1. The fourth-order valence-corrected chi connectivity index (χ4v) is 6.16. The Kier molecular flexibility index (Phi) is 6.55. The highest BCUT2D eigenvalue weighted by Crippen LogP contribution is 2.56. The molecule has 0 spiro atoms. The van der Waals surface area contributed by atoms with Crippen molar-refractivity contribution in [2.24, 2.45) is 23.7 Å². The third-order valence-corrected chi connectivity index (χ3v) is 8.11. The van der Waals surface area contributed by atoms with Gasteiger partial charge in [-0.3, -0.25) is 19.3 Å². The minimum Gasteiger partial charge on any atom is -0.454 e. The summed E-state index contributed by atoms with van der Waals surface area (Å²) in [6, 6.07) is 12.6. The monoisotopic (exact) mass is 514 g/mol. The van der Waals surface area contributed by atoms with Gasteiger partial charge in [-0.1, -0.05) is 53.5 Å². The summed E-state index contributed by atoms with van der Waals surface area (Å²) in [5, 5.41) is 3.21. The normalized spacial score (nSPS) is 25.5. The van der Waals surface area contributed by atoms with Crippen LogP contribution >= 0.6 is 23.2 Å². The fourth-order valence-electron chi connectivity index (χ4n) is 5.86. The molecule has 2 aromatic rings. The molecule has 5 atom stereocenters. The molecular formula is C26H24Cl2N2O5. The molecule has 35 heavy (non-hydrogen) atoms. The van der Waals surface area contributed by atoms with Crippen LogP contribution in [-0.4, -0.2) is 41.2 Å². The maximum Gasteiger partial charge on any atom is 0.330 e. The molecule has 2 saturated carbocycles. The van der Waals surface area contributed by atoms with Gasteiger partial charge in [0, 0.05) is 12.1 Å². The van der Waals surface area contributed by atoms with E-state index in [1.807, 2.05) is 30.3 Å². The number of ether oxygens (including phenoxy) is 1. The molecule has 182 valence electrons. The van der Waals surface area contributed by atoms with Crippen molar-refractivity contribution in [1.82, 2.24) is 4.90 Å². The minimum absolute atomic E-state index is 0.125. The molecule has 3 fully saturated rings. The summed E-state index contributed by atoms with van der Waals surface area (Å²) in [5.74, 6) is -2.21. The van der Waals surface area contributed by atoms with E-state index in [4.69, 9.17) is 27.9 Å². The number of amides is 3. The number of anilines is 1. The van der Waals surface area contributed by atoms with E-state index in [1.54, 1.807) is 6.07 Å². The minimum atomic E-state index is -1.12. The number of imide groups is 1. The first-order valence-electron chi connectivity index (χ1n) is 11.7. The van der Waals surface area contributed by atoms with Crippen molar-refractivity contribution in [1.29, 1.82) is 0 Å². The van der Waals surface area contributed by atoms with Crippen LogP contribution in [0, 0.1) is 23.7 Å². The van der Waals surface area contributed by atoms with Gasteiger partial charge in [0.1, 0.15) is 6.04 Å². The lowest BCUT2D eigenvalue weighted by Crippen LogP contribution is -2.48. The SMILES string of the molecule is O=C(COC(=O)[C@@H](Cc1ccccc1)N1C(=O)[C@@H]2[C@H]3CC[C@@H](C3)[C@@H]2C1=O)Nc1ccc(Cl)c(Cl)c1. The lowest BCUT2D eigenvalue weighted by Gasteiger charge is -2.26. The van der Waals surface area contributed by atoms with Crippen molar-refractivity contribution >= 4 is 52.6 Å². The highest BCUT2D eigenvalue weighted by molar-refractivity contribution is 6.42. The van der Waals surface area contributed by atoms with Crippen molar-refractivity contribution in [3.05, 3.63) is 64.1 Å². The lowest BCUT2D eigenvalue weighted by molar-refractivity contribution is -0.160. The van der Waals surface area contributed by atoms with Gasteiger partial charge >= 0.3 is 5.97 Å². The van der Waals surface area contributed by atoms with E-state index in [-0.39, 0.29) is 46.9 Å². The first-order chi connectivity index (χ1) is 16.8. The van der Waals surface area contributed by atoms with Gasteiger partial charge in [0.05, 0.1) is 21.9 Å². The molecule has 1 N–H and O–H groups in total. The second-order valence-electron chi connectivity index (χ2n) is 9.42. The molecule has 5 rings (SSSR count). The predicted molar refractivity (Wildman–Crippen MR) is 130 cm³/mol. The molecule has 2 aliphatic carbocycles. The number of hydrogen-bond acceptors (Lipinski definition) is 5. The molecular weight excluding hydrogens is 491 g/mol. The Labute approximate surface area is 212 Å². The Morgan fingerprint density at radius 2 is 1.63 bits per heavy atom. The first-order valence-corrected chi connectivity index (χ1v) is 12.4. The van der Waals surface area contributed by atoms with Gasteiger partial charge in [0.2, 0.25) is 11.8 Å². The number of benzene rings is 2. The molecule has 2 bridgehead atoms. The van der Waals surface area contributed by atoms with E-state index in [9.17, 15) is 19.2 Å². The zero-order valence-electron chi connectivity index (χ0n) is 18.8. The summed E-state index contributed by atoms with van der Waals surface area (Å²) in [6.07, 6.45) is 2.92. The summed E-state index contributed by atoms with van der Waals surface area (Å²) in [4.78, 5) is 53.4. The van der Waals surface area contributed by atoms with Crippen molar-refractivity contribution in [2.45, 2.75) is 31.7 Å². The van der Waals surface area contributed by atoms with Crippen LogP contribution in [-0.2, 0) is 30.3 Å². The number of esters is 1. The predicted octanol–water partition coefficient (Wildman–Crippen LogP) is 4.12. The van der Waals surface area contributed by atoms with Crippen LogP contribution in [0.1, 0.15) is 24.8 Å². The van der Waals surface area contributed by atoms with Crippen LogP contribution in [0.15, 0.2) is 48.5 Å². The summed E-state index contributed by atoms with van der Waals surface area (Å²) >= 11 is 11.9. The Hall–Kier alpha value is -2.90. The van der Waals surface area contributed by atoms with Crippen LogP contribution in [0.25, 0.3) is 0 Å². The maximum absolute atomic E-state index is 13.4.